The topological polar surface area (TPSA) is 47.7 Å². The van der Waals surface area contributed by atoms with E-state index in [0.29, 0.717) is 10.5 Å². The van der Waals surface area contributed by atoms with Crippen molar-refractivity contribution in [2.24, 2.45) is 5.28 Å². The zero-order chi connectivity index (χ0) is 12.8. The fourth-order valence-corrected chi connectivity index (χ4v) is 1.76. The van der Waals surface area contributed by atoms with Gasteiger partial charge in [0.25, 0.3) is 0 Å². The van der Waals surface area contributed by atoms with Gasteiger partial charge >= 0.3 is 0 Å². The van der Waals surface area contributed by atoms with Crippen LogP contribution in [-0.2, 0) is 11.4 Å². The normalized spacial score (nSPS) is 11.3. The summed E-state index contributed by atoms with van der Waals surface area (Å²) < 4.78 is 0.819. The molecule has 0 amide bonds. The van der Waals surface area contributed by atoms with E-state index in [1.54, 1.807) is 18.2 Å². The summed E-state index contributed by atoms with van der Waals surface area (Å²) in [5.41, 5.74) is 1.38. The monoisotopic (exact) mass is 306 g/mol. The van der Waals surface area contributed by atoms with Gasteiger partial charge in [-0.3, -0.25) is 0 Å². The highest BCUT2D eigenvalue weighted by Crippen LogP contribution is 2.18. The van der Waals surface area contributed by atoms with Crippen LogP contribution in [0.15, 0.2) is 64.3 Å². The number of hydrogen-bond donors (Lipinski definition) is 0. The van der Waals surface area contributed by atoms with E-state index in [4.69, 9.17) is 4.84 Å². The molecule has 4 nitrogen and oxygen atoms in total. The second-order valence-corrected chi connectivity index (χ2v) is 4.51. The molecule has 0 N–H and O–H groups in total. The van der Waals surface area contributed by atoms with Crippen molar-refractivity contribution < 1.29 is 9.70 Å². The van der Waals surface area contributed by atoms with Crippen LogP contribution >= 0.6 is 15.9 Å². The third kappa shape index (κ3) is 3.56. The molecule has 0 spiro atoms. The van der Waals surface area contributed by atoms with Gasteiger partial charge in [-0.25, -0.2) is 0 Å². The van der Waals surface area contributed by atoms with Gasteiger partial charge in [0, 0.05) is 16.6 Å². The molecule has 0 atom stereocenters. The highest BCUT2D eigenvalue weighted by molar-refractivity contribution is 9.10. The predicted octanol–water partition coefficient (Wildman–Crippen LogP) is 4.17. The predicted molar refractivity (Wildman–Crippen MR) is 71.1 cm³/mol. The summed E-state index contributed by atoms with van der Waals surface area (Å²) in [5.74, 6) is 0. The molecule has 2 aromatic carbocycles. The molecule has 0 aliphatic carbocycles. The minimum Gasteiger partial charge on any atom is -0.592 e. The number of hydrogen-bond acceptors (Lipinski definition) is 3. The number of halogens is 1. The Morgan fingerprint density at radius 3 is 2.61 bits per heavy atom. The van der Waals surface area contributed by atoms with Gasteiger partial charge in [-0.2, -0.15) is 0 Å². The first-order chi connectivity index (χ1) is 8.75. The molecule has 0 aromatic heterocycles. The van der Waals surface area contributed by atoms with E-state index in [1.807, 2.05) is 36.4 Å². The van der Waals surface area contributed by atoms with E-state index in [-0.39, 0.29) is 6.61 Å². The molecule has 0 radical (unpaired) electrons. The maximum absolute atomic E-state index is 11.6. The van der Waals surface area contributed by atoms with Crippen molar-refractivity contribution in [3.05, 3.63) is 69.8 Å². The molecule has 5 heteroatoms. The summed E-state index contributed by atoms with van der Waals surface area (Å²) in [6.45, 7) is 0.271. The Balaban J connectivity index is 1.97. The molecule has 18 heavy (non-hydrogen) atoms. The van der Waals surface area contributed by atoms with Crippen molar-refractivity contribution >= 4 is 21.6 Å². The minimum absolute atomic E-state index is 0.271. The van der Waals surface area contributed by atoms with Crippen molar-refractivity contribution in [3.8, 4) is 0 Å². The van der Waals surface area contributed by atoms with Crippen LogP contribution in [0.25, 0.3) is 0 Å². The zero-order valence-electron chi connectivity index (χ0n) is 9.49. The molecule has 0 fully saturated rings. The number of nitrogens with zero attached hydrogens (tertiary/aromatic N) is 2. The van der Waals surface area contributed by atoms with Gasteiger partial charge in [-0.15, -0.1) is 0 Å². The molecule has 2 aromatic rings. The maximum atomic E-state index is 11.6. The van der Waals surface area contributed by atoms with Crippen LogP contribution < -0.4 is 0 Å². The van der Waals surface area contributed by atoms with Crippen LogP contribution in [0.1, 0.15) is 5.56 Å². The van der Waals surface area contributed by atoms with Gasteiger partial charge in [0.2, 0.25) is 11.0 Å². The summed E-state index contributed by atoms with van der Waals surface area (Å²) in [4.78, 5) is 5.45. The fourth-order valence-electron chi connectivity index (χ4n) is 1.37. The Morgan fingerprint density at radius 1 is 1.11 bits per heavy atom. The van der Waals surface area contributed by atoms with Gasteiger partial charge in [0.1, 0.15) is 6.61 Å². The summed E-state index contributed by atoms with van der Waals surface area (Å²) in [5, 5.41) is 15.1. The standard InChI is InChI=1S/C13H11BrN2O2/c14-12-7-4-8-13(9-12)16(17)15-18-10-11-5-2-1-3-6-11/h1-9H,10H2/b16-15+. The first-order valence-corrected chi connectivity index (χ1v) is 6.15. The van der Waals surface area contributed by atoms with Crippen LogP contribution in [-0.4, -0.2) is 4.86 Å². The summed E-state index contributed by atoms with van der Waals surface area (Å²) >= 11 is 3.29. The van der Waals surface area contributed by atoms with E-state index in [2.05, 4.69) is 21.2 Å². The van der Waals surface area contributed by atoms with Crippen LogP contribution in [0.4, 0.5) is 5.69 Å². The SMILES string of the molecule is [O-]/[N+](=N/OCc1ccccc1)c1cccc(Br)c1. The molecule has 0 aliphatic heterocycles. The van der Waals surface area contributed by atoms with E-state index < -0.39 is 0 Å². The molecule has 0 unspecified atom stereocenters. The third-order valence-electron chi connectivity index (χ3n) is 2.24. The Hall–Kier alpha value is -1.88. The summed E-state index contributed by atoms with van der Waals surface area (Å²) in [6, 6.07) is 16.5. The highest BCUT2D eigenvalue weighted by atomic mass is 79.9. The Labute approximate surface area is 113 Å². The molecule has 0 bridgehead atoms. The number of rotatable bonds is 4. The Morgan fingerprint density at radius 2 is 1.89 bits per heavy atom. The van der Waals surface area contributed by atoms with Crippen molar-refractivity contribution in [2.45, 2.75) is 6.61 Å². The van der Waals surface area contributed by atoms with Crippen LogP contribution in [0.3, 0.4) is 0 Å². The lowest BCUT2D eigenvalue weighted by Gasteiger charge is -2.00. The Kier molecular flexibility index (Phi) is 4.30. The molecule has 0 heterocycles. The minimum atomic E-state index is 0.271. The molecule has 92 valence electrons. The van der Waals surface area contributed by atoms with E-state index in [1.165, 1.54) is 0 Å². The highest BCUT2D eigenvalue weighted by Gasteiger charge is 2.04. The van der Waals surface area contributed by atoms with E-state index >= 15 is 0 Å². The third-order valence-corrected chi connectivity index (χ3v) is 2.73. The quantitative estimate of drug-likeness (QED) is 0.483. The van der Waals surface area contributed by atoms with Crippen molar-refractivity contribution in [3.63, 3.8) is 0 Å². The second-order valence-electron chi connectivity index (χ2n) is 3.59. The second kappa shape index (κ2) is 6.16. The van der Waals surface area contributed by atoms with E-state index in [9.17, 15) is 5.21 Å². The first-order valence-electron chi connectivity index (χ1n) is 5.35. The summed E-state index contributed by atoms with van der Waals surface area (Å²) in [7, 11) is 0. The van der Waals surface area contributed by atoms with Crippen LogP contribution in [0, 0.1) is 5.21 Å². The molecule has 0 saturated carbocycles. The lowest BCUT2D eigenvalue weighted by atomic mass is 10.2. The first kappa shape index (κ1) is 12.6. The van der Waals surface area contributed by atoms with E-state index in [0.717, 1.165) is 10.0 Å². The van der Waals surface area contributed by atoms with Crippen molar-refractivity contribution in [2.75, 3.05) is 0 Å². The van der Waals surface area contributed by atoms with Gasteiger partial charge in [0.05, 0.1) is 0 Å². The number of benzene rings is 2. The zero-order valence-corrected chi connectivity index (χ0v) is 11.1. The largest absolute Gasteiger partial charge is 0.592 e. The van der Waals surface area contributed by atoms with Crippen LogP contribution in [0.2, 0.25) is 0 Å². The average molecular weight is 307 g/mol. The Bertz CT molecular complexity index is 544. The fraction of sp³-hybridized carbons (Fsp3) is 0.0769. The van der Waals surface area contributed by atoms with Gasteiger partial charge in [-0.1, -0.05) is 52.3 Å². The molecule has 0 aliphatic rings. The summed E-state index contributed by atoms with van der Waals surface area (Å²) in [6.07, 6.45) is 0. The average Bonchev–Trinajstić information content (AvgIpc) is 2.40. The van der Waals surface area contributed by atoms with Gasteiger partial charge < -0.3 is 10.0 Å². The van der Waals surface area contributed by atoms with Crippen molar-refractivity contribution in [1.82, 2.24) is 0 Å². The lowest BCUT2D eigenvalue weighted by molar-refractivity contribution is -0.480. The lowest BCUT2D eigenvalue weighted by Crippen LogP contribution is -1.94. The smallest absolute Gasteiger partial charge is 0.249 e. The van der Waals surface area contributed by atoms with Gasteiger partial charge in [0.15, 0.2) is 0 Å². The molecule has 2 rings (SSSR count). The van der Waals surface area contributed by atoms with Crippen LogP contribution in [0.5, 0.6) is 0 Å². The molecular weight excluding hydrogens is 296 g/mol. The van der Waals surface area contributed by atoms with Gasteiger partial charge in [-0.05, 0) is 16.5 Å². The molecular formula is C13H11BrN2O2. The maximum Gasteiger partial charge on any atom is 0.249 e. The molecule has 0 saturated heterocycles. The van der Waals surface area contributed by atoms with Crippen molar-refractivity contribution in [1.29, 1.82) is 0 Å².